The molecule has 1 aromatic heterocycles. The lowest BCUT2D eigenvalue weighted by molar-refractivity contribution is -0.118. The van der Waals surface area contributed by atoms with E-state index in [0.29, 0.717) is 6.42 Å². The van der Waals surface area contributed by atoms with Gasteiger partial charge in [-0.25, -0.2) is 0 Å². The summed E-state index contributed by atoms with van der Waals surface area (Å²) in [6.07, 6.45) is 4.00. The lowest BCUT2D eigenvalue weighted by Gasteiger charge is -2.13. The zero-order chi connectivity index (χ0) is 9.68. The van der Waals surface area contributed by atoms with E-state index in [9.17, 15) is 4.79 Å². The molecule has 1 atom stereocenters. The normalized spacial score (nSPS) is 12.1. The molecule has 4 heteroatoms. The first-order valence-corrected chi connectivity index (χ1v) is 4.20. The smallest absolute Gasteiger partial charge is 0.239 e. The standard InChI is InChI=1S/C9H13N3O/c1-2-8(9(10)13)12-7-3-5-11-6-4-7/h3-6,8H,2H2,1H3,(H2,10,13)(H,11,12). The molecule has 1 heterocycles. The highest BCUT2D eigenvalue weighted by Gasteiger charge is 2.11. The number of anilines is 1. The number of rotatable bonds is 4. The maximum absolute atomic E-state index is 10.9. The van der Waals surface area contributed by atoms with Crippen LogP contribution in [0.15, 0.2) is 24.5 Å². The fourth-order valence-corrected chi connectivity index (χ4v) is 1.02. The van der Waals surface area contributed by atoms with Crippen LogP contribution in [0.3, 0.4) is 0 Å². The number of hydrogen-bond donors (Lipinski definition) is 2. The number of pyridine rings is 1. The van der Waals surface area contributed by atoms with Crippen LogP contribution in [0.5, 0.6) is 0 Å². The van der Waals surface area contributed by atoms with Crippen LogP contribution < -0.4 is 11.1 Å². The molecule has 0 aliphatic rings. The molecule has 0 bridgehead atoms. The predicted molar refractivity (Wildman–Crippen MR) is 51.1 cm³/mol. The molecule has 0 aliphatic heterocycles. The van der Waals surface area contributed by atoms with Crippen LogP contribution >= 0.6 is 0 Å². The molecule has 0 aliphatic carbocycles. The second-order valence-corrected chi connectivity index (χ2v) is 2.74. The zero-order valence-corrected chi connectivity index (χ0v) is 7.53. The number of nitrogens with one attached hydrogen (secondary N) is 1. The summed E-state index contributed by atoms with van der Waals surface area (Å²) >= 11 is 0. The van der Waals surface area contributed by atoms with Gasteiger partial charge in [0.15, 0.2) is 0 Å². The number of carbonyl (C=O) groups is 1. The Morgan fingerprint density at radius 2 is 2.23 bits per heavy atom. The van der Waals surface area contributed by atoms with E-state index >= 15 is 0 Å². The van der Waals surface area contributed by atoms with E-state index in [-0.39, 0.29) is 11.9 Å². The highest BCUT2D eigenvalue weighted by molar-refractivity contribution is 5.82. The van der Waals surface area contributed by atoms with Gasteiger partial charge in [-0.15, -0.1) is 0 Å². The summed E-state index contributed by atoms with van der Waals surface area (Å²) < 4.78 is 0. The SMILES string of the molecule is CCC(Nc1ccncc1)C(N)=O. The summed E-state index contributed by atoms with van der Waals surface area (Å²) in [5, 5.41) is 3.01. The first-order chi connectivity index (χ1) is 6.24. The molecule has 0 radical (unpaired) electrons. The Bertz CT molecular complexity index is 273. The lowest BCUT2D eigenvalue weighted by atomic mass is 10.2. The van der Waals surface area contributed by atoms with Crippen molar-refractivity contribution in [2.24, 2.45) is 5.73 Å². The van der Waals surface area contributed by atoms with Crippen molar-refractivity contribution in [3.05, 3.63) is 24.5 Å². The average molecular weight is 179 g/mol. The van der Waals surface area contributed by atoms with Crippen molar-refractivity contribution in [3.63, 3.8) is 0 Å². The number of nitrogens with zero attached hydrogens (tertiary/aromatic N) is 1. The molecule has 0 saturated carbocycles. The van der Waals surface area contributed by atoms with Gasteiger partial charge < -0.3 is 11.1 Å². The fourth-order valence-electron chi connectivity index (χ4n) is 1.02. The van der Waals surface area contributed by atoms with Crippen LogP contribution in [-0.4, -0.2) is 16.9 Å². The van der Waals surface area contributed by atoms with Crippen LogP contribution in [0.1, 0.15) is 13.3 Å². The van der Waals surface area contributed by atoms with E-state index in [2.05, 4.69) is 10.3 Å². The minimum Gasteiger partial charge on any atom is -0.374 e. The maximum Gasteiger partial charge on any atom is 0.239 e. The van der Waals surface area contributed by atoms with Gasteiger partial charge in [-0.05, 0) is 18.6 Å². The Balaban J connectivity index is 2.62. The number of aromatic nitrogens is 1. The number of carbonyl (C=O) groups excluding carboxylic acids is 1. The van der Waals surface area contributed by atoms with Crippen LogP contribution in [0.4, 0.5) is 5.69 Å². The van der Waals surface area contributed by atoms with Gasteiger partial charge in [0.05, 0.1) is 0 Å². The van der Waals surface area contributed by atoms with E-state index in [1.54, 1.807) is 24.5 Å². The second-order valence-electron chi connectivity index (χ2n) is 2.74. The van der Waals surface area contributed by atoms with Crippen LogP contribution in [-0.2, 0) is 4.79 Å². The van der Waals surface area contributed by atoms with Gasteiger partial charge in [0.2, 0.25) is 5.91 Å². The van der Waals surface area contributed by atoms with Crippen molar-refractivity contribution in [2.75, 3.05) is 5.32 Å². The highest BCUT2D eigenvalue weighted by atomic mass is 16.1. The van der Waals surface area contributed by atoms with Crippen molar-refractivity contribution in [1.82, 2.24) is 4.98 Å². The van der Waals surface area contributed by atoms with Crippen molar-refractivity contribution in [3.8, 4) is 0 Å². The number of amides is 1. The monoisotopic (exact) mass is 179 g/mol. The summed E-state index contributed by atoms with van der Waals surface area (Å²) in [5.74, 6) is -0.334. The molecule has 70 valence electrons. The summed E-state index contributed by atoms with van der Waals surface area (Å²) in [6.45, 7) is 1.91. The first-order valence-electron chi connectivity index (χ1n) is 4.20. The minimum atomic E-state index is -0.334. The Labute approximate surface area is 77.2 Å². The largest absolute Gasteiger partial charge is 0.374 e. The molecular weight excluding hydrogens is 166 g/mol. The van der Waals surface area contributed by atoms with Gasteiger partial charge >= 0.3 is 0 Å². The summed E-state index contributed by atoms with van der Waals surface area (Å²) in [5.41, 5.74) is 6.04. The number of primary amides is 1. The van der Waals surface area contributed by atoms with E-state index in [1.165, 1.54) is 0 Å². The van der Waals surface area contributed by atoms with E-state index < -0.39 is 0 Å². The highest BCUT2D eigenvalue weighted by Crippen LogP contribution is 2.06. The molecule has 0 spiro atoms. The predicted octanol–water partition coefficient (Wildman–Crippen LogP) is 0.757. The van der Waals surface area contributed by atoms with Crippen LogP contribution in [0.25, 0.3) is 0 Å². The molecule has 1 amide bonds. The summed E-state index contributed by atoms with van der Waals surface area (Å²) in [7, 11) is 0. The van der Waals surface area contributed by atoms with Crippen LogP contribution in [0, 0.1) is 0 Å². The molecule has 1 aromatic rings. The van der Waals surface area contributed by atoms with Crippen molar-refractivity contribution >= 4 is 11.6 Å². The zero-order valence-electron chi connectivity index (χ0n) is 7.53. The second kappa shape index (κ2) is 4.45. The third-order valence-electron chi connectivity index (χ3n) is 1.77. The van der Waals surface area contributed by atoms with Gasteiger partial charge in [0, 0.05) is 18.1 Å². The number of nitrogens with two attached hydrogens (primary N) is 1. The molecule has 0 fully saturated rings. The van der Waals surface area contributed by atoms with Crippen molar-refractivity contribution in [1.29, 1.82) is 0 Å². The molecular formula is C9H13N3O. The Morgan fingerprint density at radius 1 is 1.62 bits per heavy atom. The molecule has 4 nitrogen and oxygen atoms in total. The van der Waals surface area contributed by atoms with Gasteiger partial charge in [-0.2, -0.15) is 0 Å². The fraction of sp³-hybridized carbons (Fsp3) is 0.333. The summed E-state index contributed by atoms with van der Waals surface area (Å²) in [4.78, 5) is 14.7. The third-order valence-corrected chi connectivity index (χ3v) is 1.77. The Hall–Kier alpha value is -1.58. The van der Waals surface area contributed by atoms with Gasteiger partial charge in [-0.1, -0.05) is 6.92 Å². The molecule has 1 rings (SSSR count). The Morgan fingerprint density at radius 3 is 2.69 bits per heavy atom. The summed E-state index contributed by atoms with van der Waals surface area (Å²) in [6, 6.07) is 3.29. The molecule has 13 heavy (non-hydrogen) atoms. The quantitative estimate of drug-likeness (QED) is 0.717. The third kappa shape index (κ3) is 2.74. The van der Waals surface area contributed by atoms with Crippen LogP contribution in [0.2, 0.25) is 0 Å². The molecule has 1 unspecified atom stereocenters. The molecule has 3 N–H and O–H groups in total. The number of hydrogen-bond acceptors (Lipinski definition) is 3. The van der Waals surface area contributed by atoms with E-state index in [4.69, 9.17) is 5.73 Å². The maximum atomic E-state index is 10.9. The first kappa shape index (κ1) is 9.51. The lowest BCUT2D eigenvalue weighted by Crippen LogP contribution is -2.34. The van der Waals surface area contributed by atoms with Gasteiger partial charge in [0.1, 0.15) is 6.04 Å². The molecule has 0 aromatic carbocycles. The van der Waals surface area contributed by atoms with Gasteiger partial charge in [0.25, 0.3) is 0 Å². The minimum absolute atomic E-state index is 0.303. The van der Waals surface area contributed by atoms with E-state index in [1.807, 2.05) is 6.92 Å². The van der Waals surface area contributed by atoms with Crippen molar-refractivity contribution < 1.29 is 4.79 Å². The van der Waals surface area contributed by atoms with Gasteiger partial charge in [-0.3, -0.25) is 9.78 Å². The average Bonchev–Trinajstić information content (AvgIpc) is 2.15. The Kier molecular flexibility index (Phi) is 3.25. The topological polar surface area (TPSA) is 68.0 Å². The molecule has 0 saturated heterocycles. The van der Waals surface area contributed by atoms with E-state index in [0.717, 1.165) is 5.69 Å². The van der Waals surface area contributed by atoms with Crippen molar-refractivity contribution in [2.45, 2.75) is 19.4 Å².